The molecule has 0 aliphatic heterocycles. The number of hydrogen-bond donors (Lipinski definition) is 2. The first-order valence-corrected chi connectivity index (χ1v) is 8.27. The molecule has 0 aliphatic rings. The van der Waals surface area contributed by atoms with Crippen LogP contribution >= 0.6 is 22.7 Å². The Bertz CT molecular complexity index is 564. The Morgan fingerprint density at radius 1 is 1.30 bits per heavy atom. The fourth-order valence-corrected chi connectivity index (χ4v) is 3.17. The summed E-state index contributed by atoms with van der Waals surface area (Å²) < 4.78 is 0. The maximum atomic E-state index is 11.7. The van der Waals surface area contributed by atoms with Crippen LogP contribution in [-0.2, 0) is 17.6 Å². The van der Waals surface area contributed by atoms with Gasteiger partial charge in [-0.05, 0) is 19.8 Å². The van der Waals surface area contributed by atoms with Crippen molar-refractivity contribution in [3.8, 4) is 0 Å². The van der Waals surface area contributed by atoms with Crippen LogP contribution in [0.3, 0.4) is 0 Å². The van der Waals surface area contributed by atoms with Crippen molar-refractivity contribution >= 4 is 33.7 Å². The van der Waals surface area contributed by atoms with Crippen molar-refractivity contribution in [3.05, 3.63) is 27.2 Å². The van der Waals surface area contributed by atoms with E-state index in [1.807, 2.05) is 17.7 Å². The van der Waals surface area contributed by atoms with Gasteiger partial charge in [-0.1, -0.05) is 0 Å². The highest BCUT2D eigenvalue weighted by atomic mass is 32.1. The molecule has 2 aromatic heterocycles. The van der Waals surface area contributed by atoms with Gasteiger partial charge in [-0.3, -0.25) is 4.79 Å². The molecule has 2 rings (SSSR count). The number of carbonyl (C=O) groups is 1. The van der Waals surface area contributed by atoms with E-state index in [1.54, 1.807) is 11.3 Å². The lowest BCUT2D eigenvalue weighted by atomic mass is 10.2. The Kier molecular flexibility index (Phi) is 5.49. The molecule has 108 valence electrons. The topological polar surface area (TPSA) is 80.9 Å². The van der Waals surface area contributed by atoms with Gasteiger partial charge in [0, 0.05) is 35.8 Å². The number of nitrogens with one attached hydrogen (secondary N) is 1. The fourth-order valence-electron chi connectivity index (χ4n) is 1.75. The van der Waals surface area contributed by atoms with Crippen LogP contribution in [-0.4, -0.2) is 22.4 Å². The zero-order valence-electron chi connectivity index (χ0n) is 11.4. The van der Waals surface area contributed by atoms with Crippen LogP contribution in [0, 0.1) is 6.92 Å². The third-order valence-corrected chi connectivity index (χ3v) is 4.48. The molecule has 0 spiro atoms. The molecule has 1 amide bonds. The van der Waals surface area contributed by atoms with E-state index in [4.69, 9.17) is 5.73 Å². The van der Waals surface area contributed by atoms with Crippen molar-refractivity contribution < 1.29 is 4.79 Å². The fraction of sp³-hybridized carbons (Fsp3) is 0.462. The second-order valence-corrected chi connectivity index (χ2v) is 6.35. The number of nitrogen functional groups attached to an aromatic ring is 1. The Labute approximate surface area is 126 Å². The average molecular weight is 310 g/mol. The molecule has 0 saturated heterocycles. The predicted octanol–water partition coefficient (Wildman–Crippen LogP) is 2.17. The number of anilines is 1. The van der Waals surface area contributed by atoms with Gasteiger partial charge in [0.25, 0.3) is 0 Å². The number of aromatic nitrogens is 2. The molecule has 0 atom stereocenters. The summed E-state index contributed by atoms with van der Waals surface area (Å²) in [6.07, 6.45) is 2.94. The van der Waals surface area contributed by atoms with Crippen molar-refractivity contribution in [1.82, 2.24) is 15.3 Å². The predicted molar refractivity (Wildman–Crippen MR) is 83.0 cm³/mol. The van der Waals surface area contributed by atoms with Gasteiger partial charge >= 0.3 is 0 Å². The molecule has 2 heterocycles. The number of nitrogens with two attached hydrogens (primary N) is 1. The minimum atomic E-state index is 0.0619. The summed E-state index contributed by atoms with van der Waals surface area (Å²) in [7, 11) is 0. The quantitative estimate of drug-likeness (QED) is 0.768. The zero-order valence-corrected chi connectivity index (χ0v) is 13.0. The molecule has 3 N–H and O–H groups in total. The van der Waals surface area contributed by atoms with Gasteiger partial charge in [-0.15, -0.1) is 22.7 Å². The first-order chi connectivity index (χ1) is 9.63. The molecule has 0 bridgehead atoms. The number of aryl methyl sites for hydroxylation is 3. The lowest BCUT2D eigenvalue weighted by Crippen LogP contribution is -2.25. The summed E-state index contributed by atoms with van der Waals surface area (Å²) in [5, 5.41) is 8.55. The maximum absolute atomic E-state index is 11.7. The number of thiazole rings is 2. The molecule has 0 radical (unpaired) electrons. The number of nitrogens with zero attached hydrogens (tertiary/aromatic N) is 2. The first kappa shape index (κ1) is 14.9. The van der Waals surface area contributed by atoms with Gasteiger partial charge in [0.1, 0.15) is 0 Å². The van der Waals surface area contributed by atoms with Gasteiger partial charge in [0.05, 0.1) is 10.7 Å². The lowest BCUT2D eigenvalue weighted by molar-refractivity contribution is -0.121. The molecular formula is C13H18N4OS2. The Morgan fingerprint density at radius 2 is 2.15 bits per heavy atom. The van der Waals surface area contributed by atoms with Crippen LogP contribution in [0.5, 0.6) is 0 Å². The minimum absolute atomic E-state index is 0.0619. The van der Waals surface area contributed by atoms with Crippen LogP contribution in [0.25, 0.3) is 0 Å². The van der Waals surface area contributed by atoms with Crippen LogP contribution in [0.1, 0.15) is 29.2 Å². The summed E-state index contributed by atoms with van der Waals surface area (Å²) in [6, 6.07) is 0. The lowest BCUT2D eigenvalue weighted by Gasteiger charge is -2.03. The molecule has 0 fully saturated rings. The SMILES string of the molecule is Cc1csc(CCCNC(=O)CCc2csc(N)n2)n1. The van der Waals surface area contributed by atoms with Crippen molar-refractivity contribution in [1.29, 1.82) is 0 Å². The third kappa shape index (κ3) is 4.90. The summed E-state index contributed by atoms with van der Waals surface area (Å²) in [6.45, 7) is 2.68. The van der Waals surface area contributed by atoms with E-state index in [9.17, 15) is 4.79 Å². The van der Waals surface area contributed by atoms with Crippen LogP contribution in [0.2, 0.25) is 0 Å². The molecule has 0 unspecified atom stereocenters. The van der Waals surface area contributed by atoms with Gasteiger partial charge < -0.3 is 11.1 Å². The largest absolute Gasteiger partial charge is 0.375 e. The van der Waals surface area contributed by atoms with E-state index in [1.165, 1.54) is 11.3 Å². The van der Waals surface area contributed by atoms with Gasteiger partial charge in [-0.25, -0.2) is 9.97 Å². The monoisotopic (exact) mass is 310 g/mol. The average Bonchev–Trinajstić information content (AvgIpc) is 3.01. The van der Waals surface area contributed by atoms with E-state index in [-0.39, 0.29) is 5.91 Å². The molecule has 20 heavy (non-hydrogen) atoms. The van der Waals surface area contributed by atoms with E-state index in [2.05, 4.69) is 15.3 Å². The second-order valence-electron chi connectivity index (χ2n) is 4.51. The number of rotatable bonds is 7. The number of hydrogen-bond acceptors (Lipinski definition) is 6. The maximum Gasteiger partial charge on any atom is 0.220 e. The van der Waals surface area contributed by atoms with Gasteiger partial charge in [-0.2, -0.15) is 0 Å². The first-order valence-electron chi connectivity index (χ1n) is 6.51. The standard InChI is InChI=1S/C13H18N4OS2/c1-9-7-19-12(16-9)3-2-6-15-11(18)5-4-10-8-20-13(14)17-10/h7-8H,2-6H2,1H3,(H2,14,17)(H,15,18). The summed E-state index contributed by atoms with van der Waals surface area (Å²) in [5.41, 5.74) is 7.50. The normalized spacial score (nSPS) is 10.7. The summed E-state index contributed by atoms with van der Waals surface area (Å²) >= 11 is 3.08. The van der Waals surface area contributed by atoms with Crippen LogP contribution in [0.4, 0.5) is 5.13 Å². The highest BCUT2D eigenvalue weighted by molar-refractivity contribution is 7.13. The van der Waals surface area contributed by atoms with Crippen molar-refractivity contribution in [3.63, 3.8) is 0 Å². The van der Waals surface area contributed by atoms with E-state index in [0.29, 0.717) is 24.5 Å². The Balaban J connectivity index is 1.58. The van der Waals surface area contributed by atoms with Gasteiger partial charge in [0.2, 0.25) is 5.91 Å². The zero-order chi connectivity index (χ0) is 14.4. The summed E-state index contributed by atoms with van der Waals surface area (Å²) in [4.78, 5) is 20.2. The van der Waals surface area contributed by atoms with Gasteiger partial charge in [0.15, 0.2) is 5.13 Å². The Morgan fingerprint density at radius 3 is 2.80 bits per heavy atom. The van der Waals surface area contributed by atoms with E-state index < -0.39 is 0 Å². The number of carbonyl (C=O) groups excluding carboxylic acids is 1. The highest BCUT2D eigenvalue weighted by Gasteiger charge is 2.05. The van der Waals surface area contributed by atoms with Crippen LogP contribution in [0.15, 0.2) is 10.8 Å². The second kappa shape index (κ2) is 7.35. The molecule has 0 saturated carbocycles. The summed E-state index contributed by atoms with van der Waals surface area (Å²) in [5.74, 6) is 0.0619. The minimum Gasteiger partial charge on any atom is -0.375 e. The third-order valence-electron chi connectivity index (χ3n) is 2.73. The molecule has 7 heteroatoms. The highest BCUT2D eigenvalue weighted by Crippen LogP contribution is 2.12. The van der Waals surface area contributed by atoms with E-state index >= 15 is 0 Å². The number of amides is 1. The molecule has 5 nitrogen and oxygen atoms in total. The van der Waals surface area contributed by atoms with Crippen molar-refractivity contribution in [2.75, 3.05) is 12.3 Å². The smallest absolute Gasteiger partial charge is 0.220 e. The molecule has 0 aliphatic carbocycles. The van der Waals surface area contributed by atoms with E-state index in [0.717, 1.165) is 29.2 Å². The van der Waals surface area contributed by atoms with Crippen molar-refractivity contribution in [2.45, 2.75) is 32.6 Å². The molecular weight excluding hydrogens is 292 g/mol. The molecule has 2 aromatic rings. The van der Waals surface area contributed by atoms with Crippen LogP contribution < -0.4 is 11.1 Å². The molecule has 0 aromatic carbocycles. The Hall–Kier alpha value is -1.47. The van der Waals surface area contributed by atoms with Crippen molar-refractivity contribution in [2.24, 2.45) is 0 Å².